The highest BCUT2D eigenvalue weighted by molar-refractivity contribution is 6.00. The summed E-state index contributed by atoms with van der Waals surface area (Å²) >= 11 is 0. The van der Waals surface area contributed by atoms with Gasteiger partial charge in [0.2, 0.25) is 5.91 Å². The van der Waals surface area contributed by atoms with Crippen LogP contribution in [0, 0.1) is 29.4 Å². The van der Waals surface area contributed by atoms with Crippen LogP contribution < -0.4 is 10.6 Å². The molecule has 1 amide bonds. The van der Waals surface area contributed by atoms with E-state index in [0.29, 0.717) is 5.92 Å². The number of rotatable bonds is 4. The SMILES string of the molecule is CC1[C@H](C)C(=O)N(c2ccc3c(ccn3-c3ccc(F)cc3)c2)[C@@H]1c1ccc(F)cc1.CN.O=CC1CC1. The second-order valence-electron chi connectivity index (χ2n) is 9.73. The Kier molecular flexibility index (Phi) is 8.37. The van der Waals surface area contributed by atoms with E-state index in [4.69, 9.17) is 0 Å². The van der Waals surface area contributed by atoms with Gasteiger partial charge in [0, 0.05) is 34.8 Å². The third-order valence-corrected chi connectivity index (χ3v) is 7.27. The molecule has 0 radical (unpaired) electrons. The van der Waals surface area contributed by atoms with Crippen LogP contribution in [0.5, 0.6) is 0 Å². The molecule has 5 nitrogen and oxygen atoms in total. The van der Waals surface area contributed by atoms with Crippen LogP contribution in [-0.2, 0) is 9.59 Å². The number of hydrogen-bond acceptors (Lipinski definition) is 3. The third-order valence-electron chi connectivity index (χ3n) is 7.27. The highest BCUT2D eigenvalue weighted by Gasteiger charge is 2.44. The Morgan fingerprint density at radius 3 is 1.97 bits per heavy atom. The van der Waals surface area contributed by atoms with E-state index in [0.717, 1.165) is 47.0 Å². The molecule has 1 aliphatic carbocycles. The lowest BCUT2D eigenvalue weighted by Gasteiger charge is -2.28. The maximum Gasteiger partial charge on any atom is 0.230 e. The number of anilines is 1. The number of nitrogens with zero attached hydrogens (tertiary/aromatic N) is 2. The summed E-state index contributed by atoms with van der Waals surface area (Å²) in [4.78, 5) is 24.6. The zero-order chi connectivity index (χ0) is 27.4. The van der Waals surface area contributed by atoms with Gasteiger partial charge in [-0.2, -0.15) is 0 Å². The number of benzene rings is 3. The van der Waals surface area contributed by atoms with Gasteiger partial charge in [0.1, 0.15) is 17.9 Å². The maximum atomic E-state index is 13.5. The molecule has 4 aromatic rings. The van der Waals surface area contributed by atoms with E-state index in [9.17, 15) is 18.4 Å². The van der Waals surface area contributed by atoms with Crippen molar-refractivity contribution in [1.29, 1.82) is 0 Å². The molecular weight excluding hydrogens is 484 g/mol. The van der Waals surface area contributed by atoms with E-state index in [-0.39, 0.29) is 35.4 Å². The summed E-state index contributed by atoms with van der Waals surface area (Å²) in [5.74, 6) is -0.0739. The van der Waals surface area contributed by atoms with Gasteiger partial charge < -0.3 is 20.0 Å². The third kappa shape index (κ3) is 5.53. The highest BCUT2D eigenvalue weighted by atomic mass is 19.1. The summed E-state index contributed by atoms with van der Waals surface area (Å²) in [7, 11) is 1.50. The Labute approximate surface area is 221 Å². The van der Waals surface area contributed by atoms with Crippen molar-refractivity contribution in [2.45, 2.75) is 32.7 Å². The molecule has 6 rings (SSSR count). The minimum Gasteiger partial charge on any atom is -0.333 e. The highest BCUT2D eigenvalue weighted by Crippen LogP contribution is 2.44. The van der Waals surface area contributed by atoms with E-state index in [1.807, 2.05) is 46.9 Å². The van der Waals surface area contributed by atoms with Gasteiger partial charge in [-0.25, -0.2) is 8.78 Å². The molecule has 2 fully saturated rings. The predicted molar refractivity (Wildman–Crippen MR) is 147 cm³/mol. The molecule has 2 N–H and O–H groups in total. The molecule has 1 unspecified atom stereocenters. The fourth-order valence-corrected chi connectivity index (χ4v) is 4.83. The van der Waals surface area contributed by atoms with Gasteiger partial charge in [-0.1, -0.05) is 26.0 Å². The molecule has 0 bridgehead atoms. The predicted octanol–water partition coefficient (Wildman–Crippen LogP) is 6.44. The molecule has 198 valence electrons. The van der Waals surface area contributed by atoms with Gasteiger partial charge in [-0.3, -0.25) is 4.79 Å². The first-order valence-electron chi connectivity index (χ1n) is 12.9. The maximum absolute atomic E-state index is 13.5. The van der Waals surface area contributed by atoms with Crippen molar-refractivity contribution >= 4 is 28.8 Å². The van der Waals surface area contributed by atoms with Gasteiger partial charge in [0.15, 0.2) is 0 Å². The number of nitrogens with two attached hydrogens (primary N) is 1. The molecule has 0 spiro atoms. The van der Waals surface area contributed by atoms with Crippen LogP contribution in [0.4, 0.5) is 14.5 Å². The Morgan fingerprint density at radius 2 is 1.42 bits per heavy atom. The normalized spacial score (nSPS) is 20.4. The van der Waals surface area contributed by atoms with Crippen molar-refractivity contribution in [1.82, 2.24) is 4.57 Å². The van der Waals surface area contributed by atoms with Gasteiger partial charge in [-0.05, 0) is 92.0 Å². The average molecular weight is 518 g/mol. The first-order valence-corrected chi connectivity index (χ1v) is 12.9. The first kappa shape index (κ1) is 27.2. The van der Waals surface area contributed by atoms with Crippen LogP contribution in [0.2, 0.25) is 0 Å². The lowest BCUT2D eigenvalue weighted by atomic mass is 9.89. The summed E-state index contributed by atoms with van der Waals surface area (Å²) in [6, 6.07) is 20.5. The van der Waals surface area contributed by atoms with E-state index in [2.05, 4.69) is 12.7 Å². The molecule has 1 aromatic heterocycles. The van der Waals surface area contributed by atoms with Crippen molar-refractivity contribution in [3.8, 4) is 5.69 Å². The summed E-state index contributed by atoms with van der Waals surface area (Å²) in [6.45, 7) is 4.02. The van der Waals surface area contributed by atoms with Crippen molar-refractivity contribution < 1.29 is 18.4 Å². The van der Waals surface area contributed by atoms with Crippen molar-refractivity contribution in [2.24, 2.45) is 23.5 Å². The van der Waals surface area contributed by atoms with Crippen LogP contribution in [0.25, 0.3) is 16.6 Å². The Hall–Kier alpha value is -3.84. The number of carbonyl (C=O) groups is 2. The van der Waals surface area contributed by atoms with Crippen molar-refractivity contribution in [3.05, 3.63) is 96.2 Å². The zero-order valence-electron chi connectivity index (χ0n) is 21.9. The lowest BCUT2D eigenvalue weighted by Crippen LogP contribution is -2.29. The molecule has 7 heteroatoms. The smallest absolute Gasteiger partial charge is 0.230 e. The van der Waals surface area contributed by atoms with Crippen LogP contribution in [0.15, 0.2) is 79.0 Å². The summed E-state index contributed by atoms with van der Waals surface area (Å²) in [5.41, 5.74) is 8.09. The fourth-order valence-electron chi connectivity index (χ4n) is 4.83. The Bertz CT molecular complexity index is 1400. The fraction of sp³-hybridized carbons (Fsp3) is 0.290. The molecule has 3 aromatic carbocycles. The van der Waals surface area contributed by atoms with Gasteiger partial charge in [0.25, 0.3) is 0 Å². The zero-order valence-corrected chi connectivity index (χ0v) is 21.9. The van der Waals surface area contributed by atoms with Crippen molar-refractivity contribution in [2.75, 3.05) is 11.9 Å². The minimum absolute atomic E-state index is 0.0687. The molecule has 2 heterocycles. The number of fused-ring (bicyclic) bond motifs is 1. The average Bonchev–Trinajstić information content (AvgIpc) is 3.66. The summed E-state index contributed by atoms with van der Waals surface area (Å²) in [5, 5.41) is 0.986. The second-order valence-corrected chi connectivity index (χ2v) is 9.73. The second kappa shape index (κ2) is 11.7. The number of aldehydes is 1. The quantitative estimate of drug-likeness (QED) is 0.317. The monoisotopic (exact) mass is 517 g/mol. The van der Waals surface area contributed by atoms with E-state index >= 15 is 0 Å². The lowest BCUT2D eigenvalue weighted by molar-refractivity contribution is -0.120. The van der Waals surface area contributed by atoms with Crippen LogP contribution in [0.1, 0.15) is 38.3 Å². The van der Waals surface area contributed by atoms with E-state index < -0.39 is 0 Å². The van der Waals surface area contributed by atoms with E-state index in [1.165, 1.54) is 31.3 Å². The number of halogens is 2. The molecule has 1 saturated heterocycles. The summed E-state index contributed by atoms with van der Waals surface area (Å²) in [6.07, 6.45) is 5.25. The number of aromatic nitrogens is 1. The van der Waals surface area contributed by atoms with Gasteiger partial charge >= 0.3 is 0 Å². The van der Waals surface area contributed by atoms with Crippen LogP contribution in [0.3, 0.4) is 0 Å². The molecule has 38 heavy (non-hydrogen) atoms. The topological polar surface area (TPSA) is 68.3 Å². The van der Waals surface area contributed by atoms with Crippen molar-refractivity contribution in [3.63, 3.8) is 0 Å². The van der Waals surface area contributed by atoms with Gasteiger partial charge in [0.05, 0.1) is 11.6 Å². The molecular formula is C31H33F2N3O2. The Morgan fingerprint density at radius 1 is 0.842 bits per heavy atom. The van der Waals surface area contributed by atoms with Crippen LogP contribution in [-0.4, -0.2) is 23.8 Å². The van der Waals surface area contributed by atoms with E-state index in [1.54, 1.807) is 24.3 Å². The minimum atomic E-state index is -0.288. The molecule has 1 aliphatic heterocycles. The number of hydrogen-bond donors (Lipinski definition) is 1. The number of amides is 1. The summed E-state index contributed by atoms with van der Waals surface area (Å²) < 4.78 is 28.8. The van der Waals surface area contributed by atoms with Gasteiger partial charge in [-0.15, -0.1) is 0 Å². The molecule has 1 saturated carbocycles. The van der Waals surface area contributed by atoms with Crippen LogP contribution >= 0.6 is 0 Å². The standard InChI is InChI=1S/C26H22F2N2O.C4H6O.CH5N/c1-16-17(2)26(31)30(25(16)18-3-5-20(27)6-4-18)23-11-12-24-19(15-23)13-14-29(24)22-9-7-21(28)8-10-22;5-3-4-1-2-4;1-2/h3-17,25H,1-2H3;3-4H,1-2H2;2H2,1H3/t16?,17-,25-;;/m0../s1. The molecule has 3 atom stereocenters. The Balaban J connectivity index is 0.000000425. The number of carbonyl (C=O) groups excluding carboxylic acids is 2. The largest absolute Gasteiger partial charge is 0.333 e. The molecule has 2 aliphatic rings. The first-order chi connectivity index (χ1) is 18.4.